The van der Waals surface area contributed by atoms with E-state index in [0.29, 0.717) is 0 Å². The predicted octanol–water partition coefficient (Wildman–Crippen LogP) is 1.92. The molecule has 1 atom stereocenters. The normalized spacial score (nSPS) is 12.8. The van der Waals surface area contributed by atoms with E-state index in [9.17, 15) is 4.39 Å². The lowest BCUT2D eigenvalue weighted by molar-refractivity contribution is 0.624. The van der Waals surface area contributed by atoms with Crippen LogP contribution in [0.3, 0.4) is 0 Å². The molecule has 0 amide bonds. The number of aryl methyl sites for hydroxylation is 2. The van der Waals surface area contributed by atoms with Crippen molar-refractivity contribution in [1.29, 1.82) is 0 Å². The smallest absolute Gasteiger partial charge is 0.123 e. The van der Waals surface area contributed by atoms with Gasteiger partial charge in [-0.05, 0) is 30.7 Å². The van der Waals surface area contributed by atoms with Gasteiger partial charge in [-0.1, -0.05) is 12.1 Å². The second-order valence-electron chi connectivity index (χ2n) is 3.86. The van der Waals surface area contributed by atoms with Crippen LogP contribution < -0.4 is 5.73 Å². The fraction of sp³-hybridized carbons (Fsp3) is 0.250. The number of nitrogens with zero attached hydrogens (tertiary/aromatic N) is 2. The third-order valence-electron chi connectivity index (χ3n) is 2.59. The quantitative estimate of drug-likeness (QED) is 0.838. The zero-order valence-corrected chi connectivity index (χ0v) is 9.31. The Kier molecular flexibility index (Phi) is 2.75. The first kappa shape index (κ1) is 10.8. The second-order valence-corrected chi connectivity index (χ2v) is 3.86. The molecule has 2 N–H and O–H groups in total. The van der Waals surface area contributed by atoms with Crippen molar-refractivity contribution >= 4 is 0 Å². The minimum absolute atomic E-state index is 0.253. The lowest BCUT2D eigenvalue weighted by Crippen LogP contribution is -2.15. The highest BCUT2D eigenvalue weighted by atomic mass is 19.1. The van der Waals surface area contributed by atoms with Gasteiger partial charge in [-0.15, -0.1) is 0 Å². The van der Waals surface area contributed by atoms with Crippen LogP contribution in [0, 0.1) is 12.7 Å². The third kappa shape index (κ3) is 1.97. The third-order valence-corrected chi connectivity index (χ3v) is 2.59. The molecule has 0 saturated carbocycles. The van der Waals surface area contributed by atoms with Crippen molar-refractivity contribution < 1.29 is 4.39 Å². The lowest BCUT2D eigenvalue weighted by atomic mass is 10.0. The summed E-state index contributed by atoms with van der Waals surface area (Å²) in [5.41, 5.74) is 8.82. The lowest BCUT2D eigenvalue weighted by Gasteiger charge is -2.12. The van der Waals surface area contributed by atoms with Crippen molar-refractivity contribution in [2.45, 2.75) is 13.0 Å². The Hall–Kier alpha value is -1.68. The number of aromatic nitrogens is 2. The number of hydrogen-bond donors (Lipinski definition) is 1. The summed E-state index contributed by atoms with van der Waals surface area (Å²) in [4.78, 5) is 0. The van der Waals surface area contributed by atoms with E-state index in [1.165, 1.54) is 12.1 Å². The number of nitrogens with two attached hydrogens (primary N) is 1. The van der Waals surface area contributed by atoms with Gasteiger partial charge in [0, 0.05) is 7.05 Å². The first-order valence-electron chi connectivity index (χ1n) is 5.09. The van der Waals surface area contributed by atoms with Gasteiger partial charge < -0.3 is 5.73 Å². The van der Waals surface area contributed by atoms with E-state index in [-0.39, 0.29) is 11.9 Å². The Balaban J connectivity index is 2.35. The molecular formula is C12H14FN3. The van der Waals surface area contributed by atoms with E-state index in [1.807, 2.05) is 20.0 Å². The van der Waals surface area contributed by atoms with Crippen LogP contribution in [0.25, 0.3) is 0 Å². The maximum atomic E-state index is 12.8. The summed E-state index contributed by atoms with van der Waals surface area (Å²) in [6, 6.07) is 7.89. The topological polar surface area (TPSA) is 43.8 Å². The van der Waals surface area contributed by atoms with Gasteiger partial charge in [-0.25, -0.2) is 4.39 Å². The number of rotatable bonds is 2. The molecule has 4 heteroatoms. The van der Waals surface area contributed by atoms with Crippen LogP contribution >= 0.6 is 0 Å². The Labute approximate surface area is 93.7 Å². The van der Waals surface area contributed by atoms with Crippen LogP contribution in [0.5, 0.6) is 0 Å². The molecular weight excluding hydrogens is 205 g/mol. The van der Waals surface area contributed by atoms with Crippen molar-refractivity contribution in [2.75, 3.05) is 0 Å². The molecule has 0 radical (unpaired) electrons. The summed E-state index contributed by atoms with van der Waals surface area (Å²) in [6.07, 6.45) is 0. The van der Waals surface area contributed by atoms with E-state index in [0.717, 1.165) is 17.0 Å². The van der Waals surface area contributed by atoms with Gasteiger partial charge in [0.1, 0.15) is 5.82 Å². The molecule has 0 aliphatic rings. The summed E-state index contributed by atoms with van der Waals surface area (Å²) in [5, 5.41) is 4.24. The van der Waals surface area contributed by atoms with Crippen molar-refractivity contribution in [3.8, 4) is 0 Å². The Morgan fingerprint density at radius 3 is 2.44 bits per heavy atom. The molecule has 0 bridgehead atoms. The standard InChI is InChI=1S/C12H14FN3/c1-8-7-11(16(2)15-8)12(14)9-3-5-10(13)6-4-9/h3-7,12H,14H2,1-2H3. The fourth-order valence-electron chi connectivity index (χ4n) is 1.76. The Morgan fingerprint density at radius 2 is 1.94 bits per heavy atom. The van der Waals surface area contributed by atoms with E-state index in [4.69, 9.17) is 5.73 Å². The van der Waals surface area contributed by atoms with Crippen LogP contribution in [-0.2, 0) is 7.05 Å². The molecule has 0 spiro atoms. The van der Waals surface area contributed by atoms with E-state index in [1.54, 1.807) is 16.8 Å². The molecule has 1 unspecified atom stereocenters. The summed E-state index contributed by atoms with van der Waals surface area (Å²) in [7, 11) is 1.85. The summed E-state index contributed by atoms with van der Waals surface area (Å²) in [5.74, 6) is -0.253. The first-order valence-corrected chi connectivity index (χ1v) is 5.09. The van der Waals surface area contributed by atoms with Gasteiger partial charge in [0.25, 0.3) is 0 Å². The van der Waals surface area contributed by atoms with Gasteiger partial charge in [-0.2, -0.15) is 5.10 Å². The van der Waals surface area contributed by atoms with Crippen LogP contribution in [-0.4, -0.2) is 9.78 Å². The molecule has 2 rings (SSSR count). The highest BCUT2D eigenvalue weighted by Crippen LogP contribution is 2.19. The minimum atomic E-state index is -0.271. The number of halogens is 1. The molecule has 0 aliphatic carbocycles. The highest BCUT2D eigenvalue weighted by Gasteiger charge is 2.13. The van der Waals surface area contributed by atoms with Crippen LogP contribution in [0.15, 0.2) is 30.3 Å². The monoisotopic (exact) mass is 219 g/mol. The number of benzene rings is 1. The van der Waals surface area contributed by atoms with Gasteiger partial charge in [0.05, 0.1) is 17.4 Å². The predicted molar refractivity (Wildman–Crippen MR) is 60.4 cm³/mol. The second kappa shape index (κ2) is 4.06. The van der Waals surface area contributed by atoms with Crippen molar-refractivity contribution in [3.63, 3.8) is 0 Å². The molecule has 0 aliphatic heterocycles. The highest BCUT2D eigenvalue weighted by molar-refractivity contribution is 5.28. The Morgan fingerprint density at radius 1 is 1.31 bits per heavy atom. The largest absolute Gasteiger partial charge is 0.319 e. The molecule has 1 aromatic carbocycles. The molecule has 3 nitrogen and oxygen atoms in total. The van der Waals surface area contributed by atoms with Gasteiger partial charge in [-0.3, -0.25) is 4.68 Å². The Bertz CT molecular complexity index is 487. The summed E-state index contributed by atoms with van der Waals surface area (Å²) in [6.45, 7) is 1.92. The SMILES string of the molecule is Cc1cc(C(N)c2ccc(F)cc2)n(C)n1. The summed E-state index contributed by atoms with van der Waals surface area (Å²) < 4.78 is 14.5. The maximum Gasteiger partial charge on any atom is 0.123 e. The molecule has 1 heterocycles. The van der Waals surface area contributed by atoms with Crippen molar-refractivity contribution in [1.82, 2.24) is 9.78 Å². The average Bonchev–Trinajstić information content (AvgIpc) is 2.58. The molecule has 0 fully saturated rings. The zero-order valence-electron chi connectivity index (χ0n) is 9.31. The van der Waals surface area contributed by atoms with Gasteiger partial charge in [0.15, 0.2) is 0 Å². The zero-order chi connectivity index (χ0) is 11.7. The van der Waals surface area contributed by atoms with E-state index < -0.39 is 0 Å². The van der Waals surface area contributed by atoms with Crippen LogP contribution in [0.4, 0.5) is 4.39 Å². The molecule has 84 valence electrons. The molecule has 16 heavy (non-hydrogen) atoms. The van der Waals surface area contributed by atoms with Crippen molar-refractivity contribution in [2.24, 2.45) is 12.8 Å². The van der Waals surface area contributed by atoms with Crippen molar-refractivity contribution in [3.05, 3.63) is 53.1 Å². The van der Waals surface area contributed by atoms with Crippen LogP contribution in [0.1, 0.15) is 23.0 Å². The number of hydrogen-bond acceptors (Lipinski definition) is 2. The van der Waals surface area contributed by atoms with E-state index >= 15 is 0 Å². The van der Waals surface area contributed by atoms with Crippen LogP contribution in [0.2, 0.25) is 0 Å². The molecule has 0 saturated heterocycles. The van der Waals surface area contributed by atoms with E-state index in [2.05, 4.69) is 5.10 Å². The average molecular weight is 219 g/mol. The minimum Gasteiger partial charge on any atom is -0.319 e. The maximum absolute atomic E-state index is 12.8. The first-order chi connectivity index (χ1) is 7.58. The van der Waals surface area contributed by atoms with Gasteiger partial charge in [0.2, 0.25) is 0 Å². The molecule has 1 aromatic heterocycles. The van der Waals surface area contributed by atoms with Gasteiger partial charge >= 0.3 is 0 Å². The molecule has 2 aromatic rings. The fourth-order valence-corrected chi connectivity index (χ4v) is 1.76. The summed E-state index contributed by atoms with van der Waals surface area (Å²) >= 11 is 0.